The van der Waals surface area contributed by atoms with Crippen LogP contribution in [0, 0.1) is 6.92 Å². The molecule has 0 atom stereocenters. The van der Waals surface area contributed by atoms with Crippen LogP contribution in [0.2, 0.25) is 0 Å². The number of aromatic nitrogens is 4. The number of rotatable bonds is 3. The number of nitrogens with zero attached hydrogens (tertiary/aromatic N) is 3. The lowest BCUT2D eigenvalue weighted by Gasteiger charge is -2.17. The molecule has 0 saturated heterocycles. The van der Waals surface area contributed by atoms with Gasteiger partial charge in [-0.2, -0.15) is 4.98 Å². The van der Waals surface area contributed by atoms with E-state index in [2.05, 4.69) is 15.2 Å². The predicted octanol–water partition coefficient (Wildman–Crippen LogP) is 2.25. The minimum absolute atomic E-state index is 0.183. The summed E-state index contributed by atoms with van der Waals surface area (Å²) in [6.07, 6.45) is 3.85. The number of H-pyrrole nitrogens is 1. The lowest BCUT2D eigenvalue weighted by Crippen LogP contribution is -2.34. The van der Waals surface area contributed by atoms with Crippen molar-refractivity contribution >= 4 is 0 Å². The van der Waals surface area contributed by atoms with Crippen molar-refractivity contribution in [3.63, 3.8) is 0 Å². The molecule has 1 aromatic carbocycles. The van der Waals surface area contributed by atoms with Crippen LogP contribution in [0.15, 0.2) is 39.6 Å². The summed E-state index contributed by atoms with van der Waals surface area (Å²) in [6, 6.07) is 9.11. The Labute approximate surface area is 138 Å². The van der Waals surface area contributed by atoms with Gasteiger partial charge in [-0.3, -0.25) is 9.89 Å². The van der Waals surface area contributed by atoms with Gasteiger partial charge < -0.3 is 10.3 Å². The number of hydrogen-bond acceptors (Lipinski definition) is 5. The maximum Gasteiger partial charge on any atom is 0.276 e. The third kappa shape index (κ3) is 2.46. The topological polar surface area (TPSA) is 103 Å². The molecule has 124 valence electrons. The van der Waals surface area contributed by atoms with E-state index in [0.717, 1.165) is 36.9 Å². The number of nitrogens with two attached hydrogens (primary N) is 1. The first kappa shape index (κ1) is 14.9. The van der Waals surface area contributed by atoms with Crippen molar-refractivity contribution in [1.82, 2.24) is 19.9 Å². The average Bonchev–Trinajstić information content (AvgIpc) is 3.28. The Balaban J connectivity index is 1.68. The zero-order valence-electron chi connectivity index (χ0n) is 13.5. The third-order valence-corrected chi connectivity index (χ3v) is 4.61. The monoisotopic (exact) mass is 325 g/mol. The van der Waals surface area contributed by atoms with Gasteiger partial charge in [0.2, 0.25) is 0 Å². The first-order chi connectivity index (χ1) is 11.5. The Hall–Kier alpha value is -2.67. The van der Waals surface area contributed by atoms with Gasteiger partial charge in [-0.05, 0) is 31.9 Å². The first-order valence-electron chi connectivity index (χ1n) is 8.08. The third-order valence-electron chi connectivity index (χ3n) is 4.61. The SMILES string of the molecule is Cc1ccc(-n2[nH]c(-c3nc(C4(N)CCCC4)no3)cc2=O)cc1. The minimum Gasteiger partial charge on any atom is -0.332 e. The maximum atomic E-state index is 12.2. The molecule has 0 aliphatic heterocycles. The van der Waals surface area contributed by atoms with E-state index in [-0.39, 0.29) is 11.4 Å². The zero-order chi connectivity index (χ0) is 16.7. The first-order valence-corrected chi connectivity index (χ1v) is 8.08. The van der Waals surface area contributed by atoms with E-state index in [9.17, 15) is 4.79 Å². The molecule has 7 heteroatoms. The van der Waals surface area contributed by atoms with Crippen molar-refractivity contribution in [2.75, 3.05) is 0 Å². The molecular formula is C17H19N5O2. The fourth-order valence-corrected chi connectivity index (χ4v) is 3.16. The second kappa shape index (κ2) is 5.45. The highest BCUT2D eigenvalue weighted by molar-refractivity contribution is 5.47. The number of hydrogen-bond donors (Lipinski definition) is 2. The van der Waals surface area contributed by atoms with Gasteiger partial charge >= 0.3 is 0 Å². The second-order valence-corrected chi connectivity index (χ2v) is 6.47. The Morgan fingerprint density at radius 1 is 1.25 bits per heavy atom. The summed E-state index contributed by atoms with van der Waals surface area (Å²) in [5, 5.41) is 7.04. The molecule has 0 radical (unpaired) electrons. The van der Waals surface area contributed by atoms with Crippen LogP contribution in [0.25, 0.3) is 17.3 Å². The van der Waals surface area contributed by atoms with Gasteiger partial charge in [0.1, 0.15) is 5.69 Å². The quantitative estimate of drug-likeness (QED) is 0.769. The fourth-order valence-electron chi connectivity index (χ4n) is 3.16. The van der Waals surface area contributed by atoms with Crippen molar-refractivity contribution in [2.24, 2.45) is 5.73 Å². The molecule has 2 heterocycles. The van der Waals surface area contributed by atoms with E-state index < -0.39 is 5.54 Å². The molecule has 3 N–H and O–H groups in total. The van der Waals surface area contributed by atoms with Gasteiger partial charge in [0.15, 0.2) is 5.82 Å². The van der Waals surface area contributed by atoms with Gasteiger partial charge in [-0.25, -0.2) is 4.68 Å². The van der Waals surface area contributed by atoms with Crippen LogP contribution in [0.1, 0.15) is 37.1 Å². The fraction of sp³-hybridized carbons (Fsp3) is 0.353. The number of nitrogens with one attached hydrogen (secondary N) is 1. The standard InChI is InChI=1S/C17H19N5O2/c1-11-4-6-12(7-5-11)22-14(23)10-13(20-22)15-19-16(21-24-15)17(18)8-2-3-9-17/h4-7,10,20H,2-3,8-9,18H2,1H3. The van der Waals surface area contributed by atoms with Crippen LogP contribution in [-0.2, 0) is 5.54 Å². The molecule has 2 aromatic heterocycles. The van der Waals surface area contributed by atoms with E-state index in [4.69, 9.17) is 10.3 Å². The molecule has 1 saturated carbocycles. The van der Waals surface area contributed by atoms with E-state index >= 15 is 0 Å². The zero-order valence-corrected chi connectivity index (χ0v) is 13.5. The highest BCUT2D eigenvalue weighted by Gasteiger charge is 2.36. The Bertz CT molecular complexity index is 913. The minimum atomic E-state index is -0.512. The van der Waals surface area contributed by atoms with Gasteiger partial charge in [-0.1, -0.05) is 35.7 Å². The summed E-state index contributed by atoms with van der Waals surface area (Å²) in [4.78, 5) is 16.7. The van der Waals surface area contributed by atoms with Crippen LogP contribution in [-0.4, -0.2) is 19.9 Å². The van der Waals surface area contributed by atoms with Crippen molar-refractivity contribution in [1.29, 1.82) is 0 Å². The van der Waals surface area contributed by atoms with Gasteiger partial charge in [-0.15, -0.1) is 0 Å². The lowest BCUT2D eigenvalue weighted by atomic mass is 9.99. The van der Waals surface area contributed by atoms with Gasteiger partial charge in [0, 0.05) is 6.07 Å². The Kier molecular flexibility index (Phi) is 3.38. The maximum absolute atomic E-state index is 12.2. The molecule has 0 amide bonds. The smallest absolute Gasteiger partial charge is 0.276 e. The van der Waals surface area contributed by atoms with Crippen molar-refractivity contribution in [3.8, 4) is 17.3 Å². The number of aromatic amines is 1. The Morgan fingerprint density at radius 3 is 2.67 bits per heavy atom. The molecule has 3 aromatic rings. The Morgan fingerprint density at radius 2 is 1.96 bits per heavy atom. The van der Waals surface area contributed by atoms with Crippen LogP contribution < -0.4 is 11.3 Å². The highest BCUT2D eigenvalue weighted by atomic mass is 16.5. The van der Waals surface area contributed by atoms with Crippen LogP contribution in [0.5, 0.6) is 0 Å². The van der Waals surface area contributed by atoms with Crippen molar-refractivity contribution in [3.05, 3.63) is 52.1 Å². The van der Waals surface area contributed by atoms with E-state index in [0.29, 0.717) is 11.5 Å². The second-order valence-electron chi connectivity index (χ2n) is 6.47. The highest BCUT2D eigenvalue weighted by Crippen LogP contribution is 2.35. The van der Waals surface area contributed by atoms with Crippen molar-refractivity contribution < 1.29 is 4.52 Å². The van der Waals surface area contributed by atoms with E-state index in [1.165, 1.54) is 10.7 Å². The van der Waals surface area contributed by atoms with Crippen LogP contribution >= 0.6 is 0 Å². The number of aryl methyl sites for hydroxylation is 1. The van der Waals surface area contributed by atoms with Gasteiger partial charge in [0.25, 0.3) is 11.4 Å². The average molecular weight is 325 g/mol. The van der Waals surface area contributed by atoms with Crippen LogP contribution in [0.4, 0.5) is 0 Å². The summed E-state index contributed by atoms with van der Waals surface area (Å²) < 4.78 is 6.78. The molecule has 0 bridgehead atoms. The molecule has 1 aliphatic rings. The molecular weight excluding hydrogens is 306 g/mol. The largest absolute Gasteiger partial charge is 0.332 e. The van der Waals surface area contributed by atoms with Crippen molar-refractivity contribution in [2.45, 2.75) is 38.1 Å². The van der Waals surface area contributed by atoms with E-state index in [1.807, 2.05) is 31.2 Å². The lowest BCUT2D eigenvalue weighted by molar-refractivity contribution is 0.372. The molecule has 7 nitrogen and oxygen atoms in total. The molecule has 0 unspecified atom stereocenters. The molecule has 1 fully saturated rings. The number of benzene rings is 1. The molecule has 1 aliphatic carbocycles. The summed E-state index contributed by atoms with van der Waals surface area (Å²) in [7, 11) is 0. The molecule has 0 spiro atoms. The molecule has 24 heavy (non-hydrogen) atoms. The predicted molar refractivity (Wildman–Crippen MR) is 88.8 cm³/mol. The summed E-state index contributed by atoms with van der Waals surface area (Å²) in [5.41, 5.74) is 8.02. The summed E-state index contributed by atoms with van der Waals surface area (Å²) >= 11 is 0. The van der Waals surface area contributed by atoms with Gasteiger partial charge in [0.05, 0.1) is 11.2 Å². The normalized spacial score (nSPS) is 16.6. The summed E-state index contributed by atoms with van der Waals surface area (Å²) in [5.74, 6) is 0.795. The molecule has 4 rings (SSSR count). The van der Waals surface area contributed by atoms with Crippen LogP contribution in [0.3, 0.4) is 0 Å². The summed E-state index contributed by atoms with van der Waals surface area (Å²) in [6.45, 7) is 2.00. The van der Waals surface area contributed by atoms with E-state index in [1.54, 1.807) is 0 Å².